The van der Waals surface area contributed by atoms with E-state index < -0.39 is 0 Å². The van der Waals surface area contributed by atoms with E-state index in [0.29, 0.717) is 5.92 Å². The van der Waals surface area contributed by atoms with Crippen molar-refractivity contribution in [2.75, 3.05) is 13.1 Å². The van der Waals surface area contributed by atoms with Gasteiger partial charge in [-0.1, -0.05) is 30.3 Å². The molecule has 0 saturated carbocycles. The topological polar surface area (TPSA) is 35.8 Å². The smallest absolute Gasteiger partial charge is 0.0624 e. The Bertz CT molecular complexity index is 434. The van der Waals surface area contributed by atoms with Crippen LogP contribution >= 0.6 is 0 Å². The number of hydrogen-bond donors (Lipinski definition) is 1. The van der Waals surface area contributed by atoms with Gasteiger partial charge in [0, 0.05) is 32.0 Å². The molecule has 0 aromatic heterocycles. The lowest BCUT2D eigenvalue weighted by molar-refractivity contribution is 0.228. The molecule has 0 aliphatic carbocycles. The zero-order chi connectivity index (χ0) is 13.1. The first-order valence-corrected chi connectivity index (χ1v) is 6.60. The molecule has 0 spiro atoms. The van der Waals surface area contributed by atoms with Crippen molar-refractivity contribution in [1.29, 1.82) is 0 Å². The largest absolute Gasteiger partial charge is 0.411 e. The van der Waals surface area contributed by atoms with Gasteiger partial charge in [-0.05, 0) is 30.5 Å². The van der Waals surface area contributed by atoms with Crippen molar-refractivity contribution in [2.45, 2.75) is 33.7 Å². The standard InChI is InChI=1S/C15H22N2O/c1-11-5-4-6-12(2)14(11)10-17-8-7-15(16-18)13(3)9-17/h4-6,13,18H,7-10H2,1-3H3/b16-15+. The number of likely N-dealkylation sites (tertiary alicyclic amines) is 1. The minimum absolute atomic E-state index is 0.355. The molecule has 3 nitrogen and oxygen atoms in total. The van der Waals surface area contributed by atoms with E-state index in [0.717, 1.165) is 31.8 Å². The molecule has 1 fully saturated rings. The Balaban J connectivity index is 2.07. The summed E-state index contributed by atoms with van der Waals surface area (Å²) >= 11 is 0. The minimum Gasteiger partial charge on any atom is -0.411 e. The summed E-state index contributed by atoms with van der Waals surface area (Å²) in [7, 11) is 0. The van der Waals surface area contributed by atoms with Gasteiger partial charge >= 0.3 is 0 Å². The molecule has 1 saturated heterocycles. The van der Waals surface area contributed by atoms with Gasteiger partial charge < -0.3 is 5.21 Å². The zero-order valence-corrected chi connectivity index (χ0v) is 11.5. The van der Waals surface area contributed by atoms with Crippen molar-refractivity contribution in [2.24, 2.45) is 11.1 Å². The molecule has 0 amide bonds. The van der Waals surface area contributed by atoms with Gasteiger partial charge in [-0.2, -0.15) is 0 Å². The van der Waals surface area contributed by atoms with Crippen molar-refractivity contribution in [3.63, 3.8) is 0 Å². The van der Waals surface area contributed by atoms with Crippen LogP contribution in [0, 0.1) is 19.8 Å². The normalized spacial score (nSPS) is 23.5. The van der Waals surface area contributed by atoms with E-state index in [9.17, 15) is 0 Å². The van der Waals surface area contributed by atoms with Gasteiger partial charge in [0.05, 0.1) is 5.71 Å². The monoisotopic (exact) mass is 246 g/mol. The maximum Gasteiger partial charge on any atom is 0.0624 e. The maximum atomic E-state index is 8.90. The van der Waals surface area contributed by atoms with Crippen LogP contribution in [0.1, 0.15) is 30.0 Å². The van der Waals surface area contributed by atoms with Gasteiger partial charge in [0.2, 0.25) is 0 Å². The van der Waals surface area contributed by atoms with Crippen LogP contribution in [0.3, 0.4) is 0 Å². The van der Waals surface area contributed by atoms with E-state index in [1.54, 1.807) is 0 Å². The molecule has 1 aromatic rings. The molecule has 1 aliphatic rings. The summed E-state index contributed by atoms with van der Waals surface area (Å²) in [4.78, 5) is 2.45. The molecular formula is C15H22N2O. The fraction of sp³-hybridized carbons (Fsp3) is 0.533. The van der Waals surface area contributed by atoms with Crippen LogP contribution in [0.4, 0.5) is 0 Å². The molecule has 1 heterocycles. The molecule has 1 aliphatic heterocycles. The fourth-order valence-corrected chi connectivity index (χ4v) is 2.72. The molecule has 0 radical (unpaired) electrons. The second kappa shape index (κ2) is 5.53. The third-order valence-corrected chi connectivity index (χ3v) is 3.94. The summed E-state index contributed by atoms with van der Waals surface area (Å²) < 4.78 is 0. The number of rotatable bonds is 2. The number of oxime groups is 1. The highest BCUT2D eigenvalue weighted by atomic mass is 16.4. The lowest BCUT2D eigenvalue weighted by atomic mass is 9.96. The molecule has 3 heteroatoms. The van der Waals surface area contributed by atoms with Crippen molar-refractivity contribution in [1.82, 2.24) is 4.90 Å². The summed E-state index contributed by atoms with van der Waals surface area (Å²) in [6.07, 6.45) is 0.878. The van der Waals surface area contributed by atoms with E-state index in [-0.39, 0.29) is 0 Å². The highest BCUT2D eigenvalue weighted by Crippen LogP contribution is 2.20. The summed E-state index contributed by atoms with van der Waals surface area (Å²) in [6.45, 7) is 9.45. The second-order valence-corrected chi connectivity index (χ2v) is 5.35. The molecule has 2 rings (SSSR count). The molecule has 1 atom stereocenters. The highest BCUT2D eigenvalue weighted by Gasteiger charge is 2.23. The fourth-order valence-electron chi connectivity index (χ4n) is 2.72. The Morgan fingerprint density at radius 2 is 2.00 bits per heavy atom. The number of piperidine rings is 1. The van der Waals surface area contributed by atoms with Crippen LogP contribution in [-0.2, 0) is 6.54 Å². The van der Waals surface area contributed by atoms with Crippen LogP contribution in [0.15, 0.2) is 23.4 Å². The number of hydrogen-bond acceptors (Lipinski definition) is 3. The molecule has 98 valence electrons. The lowest BCUT2D eigenvalue weighted by Crippen LogP contribution is -2.39. The summed E-state index contributed by atoms with van der Waals surface area (Å²) in [6, 6.07) is 6.47. The summed E-state index contributed by atoms with van der Waals surface area (Å²) in [5.41, 5.74) is 5.11. The van der Waals surface area contributed by atoms with Crippen LogP contribution in [0.5, 0.6) is 0 Å². The first-order chi connectivity index (χ1) is 8.61. The molecular weight excluding hydrogens is 224 g/mol. The van der Waals surface area contributed by atoms with Gasteiger partial charge in [0.1, 0.15) is 0 Å². The summed E-state index contributed by atoms with van der Waals surface area (Å²) in [5.74, 6) is 0.355. The Labute approximate surface area is 109 Å². The van der Waals surface area contributed by atoms with Gasteiger partial charge in [-0.25, -0.2) is 0 Å². The molecule has 1 unspecified atom stereocenters. The van der Waals surface area contributed by atoms with Gasteiger partial charge in [-0.3, -0.25) is 4.90 Å². The SMILES string of the molecule is Cc1cccc(C)c1CN1CC/C(=N\O)C(C)C1. The van der Waals surface area contributed by atoms with Crippen LogP contribution in [-0.4, -0.2) is 28.9 Å². The van der Waals surface area contributed by atoms with Crippen LogP contribution in [0.2, 0.25) is 0 Å². The Hall–Kier alpha value is -1.35. The van der Waals surface area contributed by atoms with E-state index in [1.807, 2.05) is 0 Å². The van der Waals surface area contributed by atoms with Crippen LogP contribution < -0.4 is 0 Å². The zero-order valence-electron chi connectivity index (χ0n) is 11.5. The predicted octanol–water partition coefficient (Wildman–Crippen LogP) is 2.98. The number of benzene rings is 1. The van der Waals surface area contributed by atoms with Gasteiger partial charge in [0.25, 0.3) is 0 Å². The number of nitrogens with zero attached hydrogens (tertiary/aromatic N) is 2. The van der Waals surface area contributed by atoms with E-state index in [1.165, 1.54) is 16.7 Å². The minimum atomic E-state index is 0.355. The number of aryl methyl sites for hydroxylation is 2. The second-order valence-electron chi connectivity index (χ2n) is 5.35. The third kappa shape index (κ3) is 2.72. The Morgan fingerprint density at radius 1 is 1.33 bits per heavy atom. The van der Waals surface area contributed by atoms with Gasteiger partial charge in [0.15, 0.2) is 0 Å². The first kappa shape index (κ1) is 13.1. The molecule has 1 N–H and O–H groups in total. The average Bonchev–Trinajstić information content (AvgIpc) is 2.34. The van der Waals surface area contributed by atoms with Crippen LogP contribution in [0.25, 0.3) is 0 Å². The lowest BCUT2D eigenvalue weighted by Gasteiger charge is -2.32. The highest BCUT2D eigenvalue weighted by molar-refractivity contribution is 5.86. The Morgan fingerprint density at radius 3 is 2.56 bits per heavy atom. The first-order valence-electron chi connectivity index (χ1n) is 6.60. The van der Waals surface area contributed by atoms with Crippen molar-refractivity contribution in [3.8, 4) is 0 Å². The maximum absolute atomic E-state index is 8.90. The third-order valence-electron chi connectivity index (χ3n) is 3.94. The van der Waals surface area contributed by atoms with Crippen molar-refractivity contribution in [3.05, 3.63) is 34.9 Å². The summed E-state index contributed by atoms with van der Waals surface area (Å²) in [5, 5.41) is 12.3. The molecule has 1 aromatic carbocycles. The van der Waals surface area contributed by atoms with Crippen molar-refractivity contribution >= 4 is 5.71 Å². The van der Waals surface area contributed by atoms with Crippen molar-refractivity contribution < 1.29 is 5.21 Å². The quantitative estimate of drug-likeness (QED) is 0.643. The predicted molar refractivity (Wildman–Crippen MR) is 74.2 cm³/mol. The average molecular weight is 246 g/mol. The van der Waals surface area contributed by atoms with E-state index in [4.69, 9.17) is 5.21 Å². The van der Waals surface area contributed by atoms with E-state index in [2.05, 4.69) is 49.0 Å². The van der Waals surface area contributed by atoms with Gasteiger partial charge in [-0.15, -0.1) is 0 Å². The van der Waals surface area contributed by atoms with E-state index >= 15 is 0 Å². The molecule has 18 heavy (non-hydrogen) atoms. The molecule has 0 bridgehead atoms. The Kier molecular flexibility index (Phi) is 4.02.